The van der Waals surface area contributed by atoms with E-state index in [1.165, 1.54) is 11.3 Å². The lowest BCUT2D eigenvalue weighted by Gasteiger charge is -1.90. The van der Waals surface area contributed by atoms with Crippen molar-refractivity contribution in [3.63, 3.8) is 0 Å². The largest absolute Gasteiger partial charge is 0.331 e. The van der Waals surface area contributed by atoms with Gasteiger partial charge in [-0.15, -0.1) is 11.3 Å². The van der Waals surface area contributed by atoms with Gasteiger partial charge in [0.25, 0.3) is 5.56 Å². The topological polar surface area (TPSA) is 48.6 Å². The molecule has 74 valence electrons. The Morgan fingerprint density at radius 2 is 2.00 bits per heavy atom. The third-order valence-corrected chi connectivity index (χ3v) is 3.64. The number of rotatable bonds is 0. The molecule has 0 aliphatic rings. The minimum Gasteiger partial charge on any atom is -0.331 e. The smallest absolute Gasteiger partial charge is 0.269 e. The summed E-state index contributed by atoms with van der Waals surface area (Å²) in [7, 11) is 0. The zero-order valence-electron chi connectivity index (χ0n) is 7.53. The molecule has 0 aliphatic heterocycles. The third kappa shape index (κ3) is 1.24. The van der Waals surface area contributed by atoms with Gasteiger partial charge < -0.3 is 4.98 Å². The molecule has 0 atom stereocenters. The normalized spacial score (nSPS) is 11.2. The Bertz CT molecular complexity index is 766. The quantitative estimate of drug-likeness (QED) is 0.588. The van der Waals surface area contributed by atoms with E-state index in [0.29, 0.717) is 9.47 Å². The van der Waals surface area contributed by atoms with Crippen LogP contribution in [0.3, 0.4) is 0 Å². The van der Waals surface area contributed by atoms with Gasteiger partial charge in [0.15, 0.2) is 4.77 Å². The van der Waals surface area contributed by atoms with Crippen LogP contribution < -0.4 is 5.56 Å². The number of fused-ring (bicyclic) bond motifs is 3. The zero-order chi connectivity index (χ0) is 10.4. The molecule has 0 radical (unpaired) electrons. The third-order valence-electron chi connectivity index (χ3n) is 2.27. The fourth-order valence-electron chi connectivity index (χ4n) is 1.63. The summed E-state index contributed by atoms with van der Waals surface area (Å²) in [6, 6.07) is 7.89. The number of hydrogen-bond acceptors (Lipinski definition) is 3. The molecule has 0 fully saturated rings. The molecule has 3 nitrogen and oxygen atoms in total. The van der Waals surface area contributed by atoms with Gasteiger partial charge in [-0.3, -0.25) is 9.78 Å². The van der Waals surface area contributed by atoms with E-state index < -0.39 is 0 Å². The number of aromatic nitrogens is 2. The lowest BCUT2D eigenvalue weighted by atomic mass is 10.2. The van der Waals surface area contributed by atoms with Crippen molar-refractivity contribution in [3.8, 4) is 0 Å². The second kappa shape index (κ2) is 3.01. The maximum atomic E-state index is 11.6. The first-order valence-electron chi connectivity index (χ1n) is 4.39. The second-order valence-electron chi connectivity index (χ2n) is 3.21. The van der Waals surface area contributed by atoms with Gasteiger partial charge in [0.05, 0.1) is 5.52 Å². The highest BCUT2D eigenvalue weighted by molar-refractivity contribution is 7.71. The summed E-state index contributed by atoms with van der Waals surface area (Å²) in [5.41, 5.74) is 0.722. The van der Waals surface area contributed by atoms with Crippen LogP contribution in [0, 0.1) is 4.77 Å². The van der Waals surface area contributed by atoms with Gasteiger partial charge in [0.2, 0.25) is 0 Å². The molecule has 2 aromatic heterocycles. The van der Waals surface area contributed by atoms with Crippen LogP contribution in [-0.2, 0) is 0 Å². The van der Waals surface area contributed by atoms with Gasteiger partial charge in [0.1, 0.15) is 4.70 Å². The molecule has 2 heterocycles. The summed E-state index contributed by atoms with van der Waals surface area (Å²) in [5.74, 6) is 0. The first kappa shape index (κ1) is 8.82. The summed E-state index contributed by atoms with van der Waals surface area (Å²) in [6.07, 6.45) is 0. The molecule has 0 spiro atoms. The summed E-state index contributed by atoms with van der Waals surface area (Å²) < 4.78 is 2.16. The van der Waals surface area contributed by atoms with Crippen LogP contribution in [0.2, 0.25) is 0 Å². The lowest BCUT2D eigenvalue weighted by molar-refractivity contribution is 1.15. The number of H-pyrrole nitrogens is 2. The molecule has 0 saturated carbocycles. The first-order chi connectivity index (χ1) is 7.25. The predicted octanol–water partition coefficient (Wildman–Crippen LogP) is 2.80. The van der Waals surface area contributed by atoms with Crippen LogP contribution in [0.1, 0.15) is 0 Å². The Labute approximate surface area is 93.4 Å². The standard InChI is InChI=1S/C10H6N2OS2/c13-9-8-7(11-10(14)12-9)5-3-1-2-4-6(5)15-8/h1-4H,(H2,11,12,13,14). The highest BCUT2D eigenvalue weighted by Gasteiger charge is 2.07. The Morgan fingerprint density at radius 3 is 2.87 bits per heavy atom. The van der Waals surface area contributed by atoms with Crippen molar-refractivity contribution in [2.45, 2.75) is 0 Å². The van der Waals surface area contributed by atoms with Gasteiger partial charge >= 0.3 is 0 Å². The monoisotopic (exact) mass is 234 g/mol. The second-order valence-corrected chi connectivity index (χ2v) is 4.67. The molecule has 3 aromatic rings. The summed E-state index contributed by atoms with van der Waals surface area (Å²) >= 11 is 6.43. The minimum atomic E-state index is -0.116. The highest BCUT2D eigenvalue weighted by atomic mass is 32.1. The van der Waals surface area contributed by atoms with Crippen molar-refractivity contribution in [3.05, 3.63) is 39.4 Å². The van der Waals surface area contributed by atoms with Crippen LogP contribution in [0.25, 0.3) is 20.3 Å². The molecule has 0 aliphatic carbocycles. The lowest BCUT2D eigenvalue weighted by Crippen LogP contribution is -2.05. The van der Waals surface area contributed by atoms with Crippen molar-refractivity contribution in [2.24, 2.45) is 0 Å². The van der Waals surface area contributed by atoms with E-state index in [9.17, 15) is 4.79 Å². The van der Waals surface area contributed by atoms with Crippen LogP contribution in [0.5, 0.6) is 0 Å². The highest BCUT2D eigenvalue weighted by Crippen LogP contribution is 2.29. The number of hydrogen-bond donors (Lipinski definition) is 2. The Balaban J connectivity index is 2.73. The van der Waals surface area contributed by atoms with Crippen LogP contribution in [0.15, 0.2) is 29.1 Å². The van der Waals surface area contributed by atoms with Gasteiger partial charge in [0, 0.05) is 10.1 Å². The molecule has 0 amide bonds. The van der Waals surface area contributed by atoms with E-state index in [1.54, 1.807) is 0 Å². The van der Waals surface area contributed by atoms with E-state index in [1.807, 2.05) is 24.3 Å². The van der Waals surface area contributed by atoms with Crippen LogP contribution in [0.4, 0.5) is 0 Å². The predicted molar refractivity (Wildman–Crippen MR) is 65.1 cm³/mol. The minimum absolute atomic E-state index is 0.116. The summed E-state index contributed by atoms with van der Waals surface area (Å²) in [5, 5.41) is 1.05. The maximum absolute atomic E-state index is 11.6. The Hall–Kier alpha value is -1.46. The van der Waals surface area contributed by atoms with Crippen molar-refractivity contribution >= 4 is 43.9 Å². The Morgan fingerprint density at radius 1 is 1.20 bits per heavy atom. The molecule has 3 rings (SSSR count). The van der Waals surface area contributed by atoms with Crippen molar-refractivity contribution in [1.82, 2.24) is 9.97 Å². The van der Waals surface area contributed by atoms with Gasteiger partial charge in [-0.25, -0.2) is 0 Å². The van der Waals surface area contributed by atoms with E-state index in [0.717, 1.165) is 15.6 Å². The maximum Gasteiger partial charge on any atom is 0.269 e. The van der Waals surface area contributed by atoms with Gasteiger partial charge in [-0.05, 0) is 18.3 Å². The zero-order valence-corrected chi connectivity index (χ0v) is 9.17. The molecule has 5 heteroatoms. The van der Waals surface area contributed by atoms with Crippen LogP contribution >= 0.6 is 23.6 Å². The number of benzene rings is 1. The number of nitrogens with one attached hydrogen (secondary N) is 2. The van der Waals surface area contributed by atoms with Gasteiger partial charge in [-0.1, -0.05) is 18.2 Å². The molecule has 0 bridgehead atoms. The molecule has 1 aromatic carbocycles. The summed E-state index contributed by atoms with van der Waals surface area (Å²) in [6.45, 7) is 0. The molecule has 0 saturated heterocycles. The number of aromatic amines is 2. The van der Waals surface area contributed by atoms with Crippen molar-refractivity contribution in [1.29, 1.82) is 0 Å². The Kier molecular flexibility index (Phi) is 1.77. The van der Waals surface area contributed by atoms with Gasteiger partial charge in [-0.2, -0.15) is 0 Å². The van der Waals surface area contributed by atoms with E-state index in [-0.39, 0.29) is 5.56 Å². The fraction of sp³-hybridized carbons (Fsp3) is 0. The molecule has 0 unspecified atom stereocenters. The molecular formula is C10H6N2OS2. The molecular weight excluding hydrogens is 228 g/mol. The van der Waals surface area contributed by atoms with E-state index in [4.69, 9.17) is 12.2 Å². The average Bonchev–Trinajstić information content (AvgIpc) is 2.57. The van der Waals surface area contributed by atoms with E-state index >= 15 is 0 Å². The van der Waals surface area contributed by atoms with E-state index in [2.05, 4.69) is 9.97 Å². The average molecular weight is 234 g/mol. The fourth-order valence-corrected chi connectivity index (χ4v) is 2.88. The first-order valence-corrected chi connectivity index (χ1v) is 5.62. The van der Waals surface area contributed by atoms with Crippen molar-refractivity contribution in [2.75, 3.05) is 0 Å². The SMILES string of the molecule is O=c1[nH]c(=S)[nH]c2c1sc1ccccc12. The van der Waals surface area contributed by atoms with Crippen molar-refractivity contribution < 1.29 is 0 Å². The number of thiophene rings is 1. The molecule has 15 heavy (non-hydrogen) atoms. The molecule has 2 N–H and O–H groups in total. The summed E-state index contributed by atoms with van der Waals surface area (Å²) in [4.78, 5) is 17.2. The van der Waals surface area contributed by atoms with Crippen LogP contribution in [-0.4, -0.2) is 9.97 Å².